The van der Waals surface area contributed by atoms with E-state index in [1.807, 2.05) is 26.8 Å². The molecule has 0 radical (unpaired) electrons. The Balaban J connectivity index is 1.49. The molecule has 2 fully saturated rings. The SMILES string of the molecule is Cc1cc(C)n([C@@H](C)C(=O)NC2CC(N(CC(=O)O)CC3CC3)C2)n1. The van der Waals surface area contributed by atoms with Crippen LogP contribution in [0.15, 0.2) is 6.07 Å². The second-order valence-corrected chi connectivity index (χ2v) is 7.64. The van der Waals surface area contributed by atoms with E-state index in [2.05, 4.69) is 15.3 Å². The third-order valence-electron chi connectivity index (χ3n) is 5.29. The number of aryl methyl sites for hydroxylation is 2. The number of carboxylic acid groups (broad SMARTS) is 1. The highest BCUT2D eigenvalue weighted by molar-refractivity contribution is 5.80. The van der Waals surface area contributed by atoms with E-state index < -0.39 is 5.97 Å². The Hall–Kier alpha value is -1.89. The third-order valence-corrected chi connectivity index (χ3v) is 5.29. The van der Waals surface area contributed by atoms with Gasteiger partial charge in [0.05, 0.1) is 12.2 Å². The Morgan fingerprint density at radius 3 is 2.60 bits per heavy atom. The van der Waals surface area contributed by atoms with Crippen LogP contribution in [0.25, 0.3) is 0 Å². The van der Waals surface area contributed by atoms with Crippen LogP contribution >= 0.6 is 0 Å². The highest BCUT2D eigenvalue weighted by Crippen LogP contribution is 2.33. The van der Waals surface area contributed by atoms with Gasteiger partial charge in [-0.1, -0.05) is 0 Å². The zero-order valence-electron chi connectivity index (χ0n) is 15.2. The van der Waals surface area contributed by atoms with Crippen LogP contribution in [0.1, 0.15) is 50.0 Å². The summed E-state index contributed by atoms with van der Waals surface area (Å²) in [6, 6.07) is 2.03. The van der Waals surface area contributed by atoms with Crippen molar-refractivity contribution in [3.63, 3.8) is 0 Å². The molecule has 7 heteroatoms. The average Bonchev–Trinajstić information content (AvgIpc) is 3.23. The molecule has 1 atom stereocenters. The lowest BCUT2D eigenvalue weighted by atomic mass is 9.85. The average molecular weight is 348 g/mol. The lowest BCUT2D eigenvalue weighted by molar-refractivity contribution is -0.140. The summed E-state index contributed by atoms with van der Waals surface area (Å²) in [7, 11) is 0. The fourth-order valence-corrected chi connectivity index (χ4v) is 3.62. The van der Waals surface area contributed by atoms with Crippen LogP contribution in [-0.2, 0) is 9.59 Å². The van der Waals surface area contributed by atoms with Gasteiger partial charge in [0.2, 0.25) is 5.91 Å². The predicted molar refractivity (Wildman–Crippen MR) is 93.3 cm³/mol. The topological polar surface area (TPSA) is 87.5 Å². The number of nitrogens with one attached hydrogen (secondary N) is 1. The molecule has 1 aromatic heterocycles. The lowest BCUT2D eigenvalue weighted by Crippen LogP contribution is -2.56. The monoisotopic (exact) mass is 348 g/mol. The van der Waals surface area contributed by atoms with E-state index in [0.29, 0.717) is 5.92 Å². The number of carboxylic acids is 1. The first-order chi connectivity index (χ1) is 11.8. The number of rotatable bonds is 8. The summed E-state index contributed by atoms with van der Waals surface area (Å²) in [5.41, 5.74) is 1.88. The van der Waals surface area contributed by atoms with Crippen LogP contribution in [0.3, 0.4) is 0 Å². The molecule has 0 unspecified atom stereocenters. The van der Waals surface area contributed by atoms with E-state index >= 15 is 0 Å². The fraction of sp³-hybridized carbons (Fsp3) is 0.722. The molecule has 0 spiro atoms. The first-order valence-corrected chi connectivity index (χ1v) is 9.12. The van der Waals surface area contributed by atoms with Gasteiger partial charge < -0.3 is 10.4 Å². The van der Waals surface area contributed by atoms with Crippen molar-refractivity contribution in [1.82, 2.24) is 20.0 Å². The molecule has 138 valence electrons. The van der Waals surface area contributed by atoms with Gasteiger partial charge in [-0.15, -0.1) is 0 Å². The number of aromatic nitrogens is 2. The van der Waals surface area contributed by atoms with E-state index in [0.717, 1.165) is 30.8 Å². The highest BCUT2D eigenvalue weighted by Gasteiger charge is 2.38. The van der Waals surface area contributed by atoms with E-state index in [9.17, 15) is 9.59 Å². The van der Waals surface area contributed by atoms with E-state index in [4.69, 9.17) is 5.11 Å². The van der Waals surface area contributed by atoms with Crippen LogP contribution in [0.5, 0.6) is 0 Å². The molecule has 1 heterocycles. The Morgan fingerprint density at radius 1 is 1.40 bits per heavy atom. The molecular weight excluding hydrogens is 320 g/mol. The lowest BCUT2D eigenvalue weighted by Gasteiger charge is -2.43. The summed E-state index contributed by atoms with van der Waals surface area (Å²) in [5, 5.41) is 16.6. The van der Waals surface area contributed by atoms with Crippen LogP contribution in [0.4, 0.5) is 0 Å². The molecular formula is C18H28N4O3. The minimum atomic E-state index is -0.772. The standard InChI is InChI=1S/C18H28N4O3/c1-11-6-12(2)22(20-11)13(3)18(25)19-15-7-16(8-15)21(10-17(23)24)9-14-4-5-14/h6,13-16H,4-5,7-10H2,1-3H3,(H,19,25)(H,23,24)/t13-,15?,16?/m0/s1. The van der Waals surface area contributed by atoms with Crippen LogP contribution in [0.2, 0.25) is 0 Å². The summed E-state index contributed by atoms with van der Waals surface area (Å²) in [4.78, 5) is 25.6. The first kappa shape index (κ1) is 17.9. The van der Waals surface area contributed by atoms with Gasteiger partial charge in [-0.3, -0.25) is 19.2 Å². The molecule has 2 saturated carbocycles. The van der Waals surface area contributed by atoms with Gasteiger partial charge in [-0.2, -0.15) is 5.10 Å². The number of nitrogens with zero attached hydrogens (tertiary/aromatic N) is 3. The Bertz CT molecular complexity index is 647. The van der Waals surface area contributed by atoms with Gasteiger partial charge in [-0.25, -0.2) is 0 Å². The van der Waals surface area contributed by atoms with Crippen molar-refractivity contribution in [1.29, 1.82) is 0 Å². The smallest absolute Gasteiger partial charge is 0.317 e. The van der Waals surface area contributed by atoms with Crippen LogP contribution in [-0.4, -0.2) is 56.8 Å². The number of aliphatic carboxylic acids is 1. The Labute approximate surface area is 148 Å². The van der Waals surface area contributed by atoms with E-state index in [-0.39, 0.29) is 30.6 Å². The molecule has 1 amide bonds. The molecule has 0 aliphatic heterocycles. The van der Waals surface area contributed by atoms with Gasteiger partial charge in [0.25, 0.3) is 0 Å². The van der Waals surface area contributed by atoms with Crippen molar-refractivity contribution in [3.8, 4) is 0 Å². The summed E-state index contributed by atoms with van der Waals surface area (Å²) in [6.07, 6.45) is 4.08. The van der Waals surface area contributed by atoms with Crippen LogP contribution < -0.4 is 5.32 Å². The van der Waals surface area contributed by atoms with Crippen molar-refractivity contribution >= 4 is 11.9 Å². The molecule has 3 rings (SSSR count). The summed E-state index contributed by atoms with van der Waals surface area (Å²) >= 11 is 0. The van der Waals surface area contributed by atoms with E-state index in [1.54, 1.807) is 4.68 Å². The molecule has 7 nitrogen and oxygen atoms in total. The largest absolute Gasteiger partial charge is 0.480 e. The van der Waals surface area contributed by atoms with Gasteiger partial charge in [0, 0.05) is 24.3 Å². The van der Waals surface area contributed by atoms with E-state index in [1.165, 1.54) is 12.8 Å². The Morgan fingerprint density at radius 2 is 2.08 bits per heavy atom. The first-order valence-electron chi connectivity index (χ1n) is 9.12. The number of hydrogen-bond acceptors (Lipinski definition) is 4. The summed E-state index contributed by atoms with van der Waals surface area (Å²) in [5.74, 6) is -0.132. The van der Waals surface area contributed by atoms with Crippen molar-refractivity contribution < 1.29 is 14.7 Å². The fourth-order valence-electron chi connectivity index (χ4n) is 3.62. The summed E-state index contributed by atoms with van der Waals surface area (Å²) in [6.45, 7) is 6.70. The summed E-state index contributed by atoms with van der Waals surface area (Å²) < 4.78 is 1.75. The van der Waals surface area contributed by atoms with Gasteiger partial charge in [-0.05, 0) is 58.4 Å². The number of carbonyl (C=O) groups excluding carboxylic acids is 1. The zero-order valence-corrected chi connectivity index (χ0v) is 15.2. The molecule has 0 bridgehead atoms. The molecule has 25 heavy (non-hydrogen) atoms. The molecule has 2 aliphatic carbocycles. The predicted octanol–water partition coefficient (Wildman–Crippen LogP) is 1.50. The number of hydrogen-bond donors (Lipinski definition) is 2. The van der Waals surface area contributed by atoms with Crippen molar-refractivity contribution in [3.05, 3.63) is 17.5 Å². The van der Waals surface area contributed by atoms with Gasteiger partial charge in [0.15, 0.2) is 0 Å². The number of amides is 1. The molecule has 2 aliphatic rings. The van der Waals surface area contributed by atoms with Gasteiger partial charge in [0.1, 0.15) is 6.04 Å². The maximum absolute atomic E-state index is 12.5. The van der Waals surface area contributed by atoms with Gasteiger partial charge >= 0.3 is 5.97 Å². The third kappa shape index (κ3) is 4.39. The van der Waals surface area contributed by atoms with Crippen LogP contribution in [0, 0.1) is 19.8 Å². The molecule has 0 saturated heterocycles. The van der Waals surface area contributed by atoms with Crippen molar-refractivity contribution in [2.75, 3.05) is 13.1 Å². The second-order valence-electron chi connectivity index (χ2n) is 7.64. The number of carbonyl (C=O) groups is 2. The molecule has 1 aromatic rings. The normalized spacial score (nSPS) is 24.0. The quantitative estimate of drug-likeness (QED) is 0.743. The maximum atomic E-state index is 12.5. The Kier molecular flexibility index (Phi) is 5.13. The van der Waals surface area contributed by atoms with Crippen molar-refractivity contribution in [2.45, 2.75) is 64.6 Å². The minimum Gasteiger partial charge on any atom is -0.480 e. The van der Waals surface area contributed by atoms with Crippen molar-refractivity contribution in [2.24, 2.45) is 5.92 Å². The zero-order chi connectivity index (χ0) is 18.1. The maximum Gasteiger partial charge on any atom is 0.317 e. The highest BCUT2D eigenvalue weighted by atomic mass is 16.4. The second kappa shape index (κ2) is 7.15. The minimum absolute atomic E-state index is 0.0263. The molecule has 0 aromatic carbocycles. The molecule has 2 N–H and O–H groups in total.